The highest BCUT2D eigenvalue weighted by Gasteiger charge is 2.35. The van der Waals surface area contributed by atoms with E-state index in [2.05, 4.69) is 9.97 Å². The van der Waals surface area contributed by atoms with Gasteiger partial charge in [0.15, 0.2) is 5.82 Å². The number of nitrogens with two attached hydrogens (primary N) is 1. The van der Waals surface area contributed by atoms with Crippen molar-refractivity contribution in [2.45, 2.75) is 18.2 Å². The molecule has 2 aromatic rings. The highest BCUT2D eigenvalue weighted by atomic mass is 16.3. The molecule has 3 rings (SSSR count). The number of nitrogen functional groups attached to an aromatic ring is 1. The molecular weight excluding hydrogens is 248 g/mol. The number of anilines is 1. The molecule has 5 N–H and O–H groups in total. The molecule has 0 radical (unpaired) electrons. The summed E-state index contributed by atoms with van der Waals surface area (Å²) in [4.78, 5) is 8.11. The fraction of sp³-hybridized carbons (Fsp3) is 0.333. The largest absolute Gasteiger partial charge is 0.392 e. The lowest BCUT2D eigenvalue weighted by Crippen LogP contribution is -2.29. The highest BCUT2D eigenvalue weighted by molar-refractivity contribution is 5.84. The Balaban J connectivity index is 2.11. The van der Waals surface area contributed by atoms with Crippen molar-refractivity contribution in [2.24, 2.45) is 0 Å². The molecule has 7 heteroatoms. The number of imidazole rings is 1. The molecule has 0 bridgehead atoms. The van der Waals surface area contributed by atoms with E-state index in [0.717, 1.165) is 5.52 Å². The van der Waals surface area contributed by atoms with Crippen LogP contribution >= 0.6 is 0 Å². The van der Waals surface area contributed by atoms with Crippen LogP contribution in [-0.2, 0) is 0 Å². The van der Waals surface area contributed by atoms with Gasteiger partial charge >= 0.3 is 0 Å². The number of fused-ring (bicyclic) bond motifs is 1. The van der Waals surface area contributed by atoms with E-state index >= 15 is 0 Å². The van der Waals surface area contributed by atoms with E-state index in [9.17, 15) is 10.2 Å². The Morgan fingerprint density at radius 2 is 2.11 bits per heavy atom. The number of nitrogens with zero attached hydrogens (tertiary/aromatic N) is 3. The minimum Gasteiger partial charge on any atom is -0.392 e. The number of aromatic nitrogens is 3. The summed E-state index contributed by atoms with van der Waals surface area (Å²) in [6.07, 6.45) is 2.66. The van der Waals surface area contributed by atoms with E-state index in [1.54, 1.807) is 29.2 Å². The van der Waals surface area contributed by atoms with E-state index in [0.29, 0.717) is 16.9 Å². The van der Waals surface area contributed by atoms with Crippen LogP contribution in [0.25, 0.3) is 11.0 Å². The minimum atomic E-state index is -1.06. The van der Waals surface area contributed by atoms with Crippen molar-refractivity contribution in [1.29, 1.82) is 0 Å². The summed E-state index contributed by atoms with van der Waals surface area (Å²) in [6, 6.07) is 1.26. The third-order valence-corrected chi connectivity index (χ3v) is 3.46. The van der Waals surface area contributed by atoms with E-state index in [4.69, 9.17) is 10.8 Å². The summed E-state index contributed by atoms with van der Waals surface area (Å²) in [5.74, 6) is 0.315. The van der Waals surface area contributed by atoms with Gasteiger partial charge in [-0.25, -0.2) is 9.97 Å². The van der Waals surface area contributed by atoms with Gasteiger partial charge in [0.25, 0.3) is 0 Å². The zero-order chi connectivity index (χ0) is 13.6. The monoisotopic (exact) mass is 262 g/mol. The standard InChI is InChI=1S/C12H14N4O3/c13-12-9-7(1-2-14-12)16(5-15-9)8-3-6(4-17)10(18)11(8)19/h1-3,5,8,10-11,17-19H,4H2,(H2,13,14)/t8?,10?,11-/m0/s1. The second-order valence-corrected chi connectivity index (χ2v) is 4.54. The van der Waals surface area contributed by atoms with Crippen LogP contribution in [0, 0.1) is 0 Å². The summed E-state index contributed by atoms with van der Waals surface area (Å²) < 4.78 is 1.71. The van der Waals surface area contributed by atoms with E-state index in [1.165, 1.54) is 0 Å². The van der Waals surface area contributed by atoms with Crippen LogP contribution in [0.3, 0.4) is 0 Å². The predicted molar refractivity (Wildman–Crippen MR) is 68.2 cm³/mol. The van der Waals surface area contributed by atoms with E-state index in [-0.39, 0.29) is 6.61 Å². The second-order valence-electron chi connectivity index (χ2n) is 4.54. The molecule has 1 aliphatic carbocycles. The average molecular weight is 262 g/mol. The number of hydrogen-bond donors (Lipinski definition) is 4. The van der Waals surface area contributed by atoms with Crippen LogP contribution in [-0.4, -0.2) is 48.7 Å². The second kappa shape index (κ2) is 4.30. The first-order chi connectivity index (χ1) is 9.13. The van der Waals surface area contributed by atoms with Gasteiger partial charge in [-0.2, -0.15) is 0 Å². The van der Waals surface area contributed by atoms with Crippen molar-refractivity contribution in [3.05, 3.63) is 30.2 Å². The van der Waals surface area contributed by atoms with Gasteiger partial charge in [-0.05, 0) is 11.6 Å². The number of rotatable bonds is 2. The molecule has 0 amide bonds. The molecule has 1 aliphatic rings. The molecule has 2 aromatic heterocycles. The fourth-order valence-electron chi connectivity index (χ4n) is 2.43. The maximum atomic E-state index is 10.1. The molecule has 0 saturated carbocycles. The van der Waals surface area contributed by atoms with Gasteiger partial charge in [-0.15, -0.1) is 0 Å². The average Bonchev–Trinajstić information content (AvgIpc) is 2.94. The Bertz CT molecular complexity index is 651. The van der Waals surface area contributed by atoms with Crippen LogP contribution in [0.15, 0.2) is 30.2 Å². The number of aliphatic hydroxyl groups is 3. The Morgan fingerprint density at radius 1 is 1.32 bits per heavy atom. The molecule has 100 valence electrons. The molecule has 0 aliphatic heterocycles. The molecule has 3 atom stereocenters. The maximum Gasteiger partial charge on any atom is 0.151 e. The molecule has 0 spiro atoms. The van der Waals surface area contributed by atoms with Crippen LogP contribution in [0.2, 0.25) is 0 Å². The lowest BCUT2D eigenvalue weighted by Gasteiger charge is -2.19. The minimum absolute atomic E-state index is 0.287. The summed E-state index contributed by atoms with van der Waals surface area (Å²) in [7, 11) is 0. The third-order valence-electron chi connectivity index (χ3n) is 3.46. The maximum absolute atomic E-state index is 10.1. The van der Waals surface area contributed by atoms with Gasteiger partial charge in [-0.3, -0.25) is 0 Å². The summed E-state index contributed by atoms with van der Waals surface area (Å²) in [6.45, 7) is -0.287. The highest BCUT2D eigenvalue weighted by Crippen LogP contribution is 2.32. The molecule has 19 heavy (non-hydrogen) atoms. The molecule has 0 fully saturated rings. The lowest BCUT2D eigenvalue weighted by molar-refractivity contribution is 0.0288. The number of pyridine rings is 1. The number of aliphatic hydroxyl groups excluding tert-OH is 3. The molecule has 7 nitrogen and oxygen atoms in total. The first-order valence-corrected chi connectivity index (χ1v) is 5.88. The Hall–Kier alpha value is -1.96. The molecule has 2 heterocycles. The lowest BCUT2D eigenvalue weighted by atomic mass is 10.1. The first kappa shape index (κ1) is 12.1. The van der Waals surface area contributed by atoms with Gasteiger partial charge in [0, 0.05) is 6.20 Å². The molecular formula is C12H14N4O3. The van der Waals surface area contributed by atoms with Crippen molar-refractivity contribution in [3.63, 3.8) is 0 Å². The summed E-state index contributed by atoms with van der Waals surface area (Å²) in [5, 5.41) is 29.0. The summed E-state index contributed by atoms with van der Waals surface area (Å²) >= 11 is 0. The molecule has 0 aromatic carbocycles. The van der Waals surface area contributed by atoms with Crippen molar-refractivity contribution in [1.82, 2.24) is 14.5 Å². The van der Waals surface area contributed by atoms with E-state index < -0.39 is 18.2 Å². The fourth-order valence-corrected chi connectivity index (χ4v) is 2.43. The normalized spacial score (nSPS) is 26.9. The van der Waals surface area contributed by atoms with Gasteiger partial charge in [0.05, 0.1) is 24.5 Å². The van der Waals surface area contributed by atoms with Gasteiger partial charge in [0.1, 0.15) is 17.7 Å². The van der Waals surface area contributed by atoms with Gasteiger partial charge in [-0.1, -0.05) is 6.08 Å². The predicted octanol–water partition coefficient (Wildman–Crippen LogP) is -0.791. The SMILES string of the molecule is Nc1nccc2c1ncn2C1C=C(CO)C(O)[C@H]1O. The number of hydrogen-bond acceptors (Lipinski definition) is 6. The van der Waals surface area contributed by atoms with Crippen LogP contribution in [0.5, 0.6) is 0 Å². The van der Waals surface area contributed by atoms with Crippen LogP contribution in [0.1, 0.15) is 6.04 Å². The zero-order valence-electron chi connectivity index (χ0n) is 10.0. The van der Waals surface area contributed by atoms with E-state index in [1.807, 2.05) is 0 Å². The Kier molecular flexibility index (Phi) is 2.74. The quantitative estimate of drug-likeness (QED) is 0.527. The Labute approximate surface area is 108 Å². The van der Waals surface area contributed by atoms with Crippen molar-refractivity contribution < 1.29 is 15.3 Å². The molecule has 2 unspecified atom stereocenters. The topological polar surface area (TPSA) is 117 Å². The third kappa shape index (κ3) is 1.71. The molecule has 0 saturated heterocycles. The van der Waals surface area contributed by atoms with Crippen LogP contribution < -0.4 is 5.73 Å². The van der Waals surface area contributed by atoms with Crippen molar-refractivity contribution in [3.8, 4) is 0 Å². The Morgan fingerprint density at radius 3 is 2.79 bits per heavy atom. The summed E-state index contributed by atoms with van der Waals surface area (Å²) in [5.41, 5.74) is 7.41. The van der Waals surface area contributed by atoms with Crippen molar-refractivity contribution >= 4 is 16.9 Å². The smallest absolute Gasteiger partial charge is 0.151 e. The zero-order valence-corrected chi connectivity index (χ0v) is 10.0. The van der Waals surface area contributed by atoms with Gasteiger partial charge in [0.2, 0.25) is 0 Å². The van der Waals surface area contributed by atoms with Crippen molar-refractivity contribution in [2.75, 3.05) is 12.3 Å². The van der Waals surface area contributed by atoms with Gasteiger partial charge < -0.3 is 25.6 Å². The first-order valence-electron chi connectivity index (χ1n) is 5.88. The van der Waals surface area contributed by atoms with Crippen LogP contribution in [0.4, 0.5) is 5.82 Å².